The SMILES string of the molecule is COc1cc(OC)c(C2=CCN(C(=O)c3cc(Cl)ccc3O)CC2)c(OC)c1. The minimum Gasteiger partial charge on any atom is -0.507 e. The lowest BCUT2D eigenvalue weighted by Gasteiger charge is -2.28. The molecular weight excluding hydrogens is 382 g/mol. The smallest absolute Gasteiger partial charge is 0.257 e. The maximum atomic E-state index is 12.8. The van der Waals surface area contributed by atoms with Gasteiger partial charge in [-0.3, -0.25) is 4.79 Å². The van der Waals surface area contributed by atoms with Gasteiger partial charge in [-0.2, -0.15) is 0 Å². The Kier molecular flexibility index (Phi) is 5.99. The summed E-state index contributed by atoms with van der Waals surface area (Å²) in [5, 5.41) is 10.4. The minimum atomic E-state index is -0.260. The number of halogens is 1. The molecule has 148 valence electrons. The molecular formula is C21H22ClNO5. The zero-order valence-electron chi connectivity index (χ0n) is 16.0. The first-order valence-corrected chi connectivity index (χ1v) is 9.13. The maximum absolute atomic E-state index is 12.8. The second-order valence-corrected chi connectivity index (χ2v) is 6.74. The topological polar surface area (TPSA) is 68.2 Å². The summed E-state index contributed by atoms with van der Waals surface area (Å²) in [6, 6.07) is 8.06. The summed E-state index contributed by atoms with van der Waals surface area (Å²) >= 11 is 5.96. The summed E-state index contributed by atoms with van der Waals surface area (Å²) in [5.74, 6) is 1.60. The zero-order valence-corrected chi connectivity index (χ0v) is 16.7. The Balaban J connectivity index is 1.88. The number of rotatable bonds is 5. The Bertz CT molecular complexity index is 900. The molecule has 7 heteroatoms. The van der Waals surface area contributed by atoms with Crippen molar-refractivity contribution in [2.75, 3.05) is 34.4 Å². The van der Waals surface area contributed by atoms with Gasteiger partial charge in [0, 0.05) is 30.2 Å². The van der Waals surface area contributed by atoms with E-state index in [4.69, 9.17) is 25.8 Å². The number of carbonyl (C=O) groups is 1. The second-order valence-electron chi connectivity index (χ2n) is 6.30. The van der Waals surface area contributed by atoms with Gasteiger partial charge in [0.2, 0.25) is 0 Å². The third kappa shape index (κ3) is 3.87. The van der Waals surface area contributed by atoms with Crippen LogP contribution in [0.5, 0.6) is 23.0 Å². The average molecular weight is 404 g/mol. The van der Waals surface area contributed by atoms with E-state index in [1.807, 2.05) is 6.08 Å². The van der Waals surface area contributed by atoms with Gasteiger partial charge in [0.15, 0.2) is 0 Å². The molecule has 0 unspecified atom stereocenters. The summed E-state index contributed by atoms with van der Waals surface area (Å²) in [5.41, 5.74) is 2.07. The van der Waals surface area contributed by atoms with Gasteiger partial charge in [0.25, 0.3) is 5.91 Å². The van der Waals surface area contributed by atoms with Crippen LogP contribution in [0.25, 0.3) is 5.57 Å². The molecule has 0 saturated heterocycles. The van der Waals surface area contributed by atoms with Crippen LogP contribution >= 0.6 is 11.6 Å². The van der Waals surface area contributed by atoms with Gasteiger partial charge in [0.1, 0.15) is 23.0 Å². The third-order valence-corrected chi connectivity index (χ3v) is 4.96. The molecule has 1 amide bonds. The number of nitrogens with zero attached hydrogens (tertiary/aromatic N) is 1. The van der Waals surface area contributed by atoms with Crippen LogP contribution in [0, 0.1) is 0 Å². The zero-order chi connectivity index (χ0) is 20.3. The first kappa shape index (κ1) is 19.9. The lowest BCUT2D eigenvalue weighted by atomic mass is 9.96. The highest BCUT2D eigenvalue weighted by Crippen LogP contribution is 2.41. The molecule has 0 atom stereocenters. The van der Waals surface area contributed by atoms with Gasteiger partial charge < -0.3 is 24.2 Å². The largest absolute Gasteiger partial charge is 0.507 e. The average Bonchev–Trinajstić information content (AvgIpc) is 2.74. The van der Waals surface area contributed by atoms with Crippen LogP contribution in [-0.2, 0) is 0 Å². The molecule has 0 saturated carbocycles. The number of aromatic hydroxyl groups is 1. The van der Waals surface area contributed by atoms with Crippen molar-refractivity contribution in [1.82, 2.24) is 4.90 Å². The highest BCUT2D eigenvalue weighted by atomic mass is 35.5. The molecule has 2 aromatic rings. The van der Waals surface area contributed by atoms with Crippen LogP contribution in [0.2, 0.25) is 5.02 Å². The van der Waals surface area contributed by atoms with E-state index in [0.717, 1.165) is 11.1 Å². The molecule has 1 N–H and O–H groups in total. The number of hydrogen-bond donors (Lipinski definition) is 1. The quantitative estimate of drug-likeness (QED) is 0.817. The van der Waals surface area contributed by atoms with E-state index in [1.165, 1.54) is 12.1 Å². The Morgan fingerprint density at radius 3 is 2.29 bits per heavy atom. The first-order chi connectivity index (χ1) is 13.5. The van der Waals surface area contributed by atoms with Crippen molar-refractivity contribution in [3.63, 3.8) is 0 Å². The predicted octanol–water partition coefficient (Wildman–Crippen LogP) is 4.00. The number of phenolic OH excluding ortho intramolecular Hbond substituents is 1. The van der Waals surface area contributed by atoms with Gasteiger partial charge in [-0.25, -0.2) is 0 Å². The van der Waals surface area contributed by atoms with Crippen LogP contribution in [0.15, 0.2) is 36.4 Å². The summed E-state index contributed by atoms with van der Waals surface area (Å²) in [4.78, 5) is 14.4. The molecule has 0 aliphatic carbocycles. The molecule has 0 bridgehead atoms. The highest BCUT2D eigenvalue weighted by Gasteiger charge is 2.25. The van der Waals surface area contributed by atoms with Crippen molar-refractivity contribution in [1.29, 1.82) is 0 Å². The van der Waals surface area contributed by atoms with Crippen molar-refractivity contribution in [2.45, 2.75) is 6.42 Å². The lowest BCUT2D eigenvalue weighted by molar-refractivity contribution is 0.0770. The molecule has 0 fully saturated rings. The van der Waals surface area contributed by atoms with E-state index >= 15 is 0 Å². The van der Waals surface area contributed by atoms with Gasteiger partial charge in [0.05, 0.1) is 32.5 Å². The van der Waals surface area contributed by atoms with Crippen LogP contribution in [0.3, 0.4) is 0 Å². The number of phenols is 1. The fourth-order valence-electron chi connectivity index (χ4n) is 3.25. The monoisotopic (exact) mass is 403 g/mol. The Hall–Kier alpha value is -2.86. The molecule has 1 aliphatic heterocycles. The molecule has 3 rings (SSSR count). The van der Waals surface area contributed by atoms with E-state index in [0.29, 0.717) is 41.8 Å². The van der Waals surface area contributed by atoms with E-state index in [1.54, 1.807) is 44.4 Å². The number of hydrogen-bond acceptors (Lipinski definition) is 5. The van der Waals surface area contributed by atoms with Crippen molar-refractivity contribution in [3.05, 3.63) is 52.6 Å². The van der Waals surface area contributed by atoms with Crippen molar-refractivity contribution in [3.8, 4) is 23.0 Å². The van der Waals surface area contributed by atoms with Crippen LogP contribution in [0.4, 0.5) is 0 Å². The van der Waals surface area contributed by atoms with Gasteiger partial charge in [-0.15, -0.1) is 0 Å². The molecule has 0 spiro atoms. The molecule has 1 heterocycles. The Morgan fingerprint density at radius 1 is 1.07 bits per heavy atom. The summed E-state index contributed by atoms with van der Waals surface area (Å²) in [6.45, 7) is 0.896. The van der Waals surface area contributed by atoms with Crippen LogP contribution in [0.1, 0.15) is 22.3 Å². The number of carbonyl (C=O) groups excluding carboxylic acids is 1. The molecule has 28 heavy (non-hydrogen) atoms. The van der Waals surface area contributed by atoms with Crippen LogP contribution < -0.4 is 14.2 Å². The molecule has 0 radical (unpaired) electrons. The predicted molar refractivity (Wildman–Crippen MR) is 108 cm³/mol. The maximum Gasteiger partial charge on any atom is 0.257 e. The Morgan fingerprint density at radius 2 is 1.75 bits per heavy atom. The third-order valence-electron chi connectivity index (χ3n) is 4.72. The molecule has 6 nitrogen and oxygen atoms in total. The van der Waals surface area contributed by atoms with Crippen molar-refractivity contribution < 1.29 is 24.1 Å². The van der Waals surface area contributed by atoms with E-state index < -0.39 is 0 Å². The second kappa shape index (κ2) is 8.44. The minimum absolute atomic E-state index is 0.0809. The number of benzene rings is 2. The molecule has 2 aromatic carbocycles. The molecule has 0 aromatic heterocycles. The normalized spacial score (nSPS) is 13.7. The molecule has 1 aliphatic rings. The number of amides is 1. The number of methoxy groups -OCH3 is 3. The van der Waals surface area contributed by atoms with Gasteiger partial charge in [-0.1, -0.05) is 17.7 Å². The van der Waals surface area contributed by atoms with Crippen LogP contribution in [-0.4, -0.2) is 50.3 Å². The van der Waals surface area contributed by atoms with Gasteiger partial charge >= 0.3 is 0 Å². The van der Waals surface area contributed by atoms with Crippen molar-refractivity contribution in [2.24, 2.45) is 0 Å². The first-order valence-electron chi connectivity index (χ1n) is 8.75. The lowest BCUT2D eigenvalue weighted by Crippen LogP contribution is -2.34. The summed E-state index contributed by atoms with van der Waals surface area (Å²) < 4.78 is 16.3. The van der Waals surface area contributed by atoms with E-state index in [9.17, 15) is 9.90 Å². The Labute approximate surface area is 168 Å². The van der Waals surface area contributed by atoms with Gasteiger partial charge in [-0.05, 0) is 30.2 Å². The van der Waals surface area contributed by atoms with E-state index in [-0.39, 0.29) is 17.2 Å². The van der Waals surface area contributed by atoms with Crippen molar-refractivity contribution >= 4 is 23.1 Å². The fourth-order valence-corrected chi connectivity index (χ4v) is 3.42. The summed E-state index contributed by atoms with van der Waals surface area (Å²) in [6.07, 6.45) is 2.59. The van der Waals surface area contributed by atoms with E-state index in [2.05, 4.69) is 0 Å². The highest BCUT2D eigenvalue weighted by molar-refractivity contribution is 6.31. The standard InChI is InChI=1S/C21H22ClNO5/c1-26-15-11-18(27-2)20(19(12-15)28-3)13-6-8-23(9-7-13)21(25)16-10-14(22)4-5-17(16)24/h4-6,10-12,24H,7-9H2,1-3H3. The fraction of sp³-hybridized carbons (Fsp3) is 0.286. The summed E-state index contributed by atoms with van der Waals surface area (Å²) in [7, 11) is 4.78. The number of ether oxygens (including phenoxy) is 3.